The van der Waals surface area contributed by atoms with E-state index in [4.69, 9.17) is 5.11 Å². The highest BCUT2D eigenvalue weighted by Gasteiger charge is 2.09. The molecule has 1 aliphatic rings. The van der Waals surface area contributed by atoms with Gasteiger partial charge in [-0.1, -0.05) is 6.92 Å². The molecular formula is C6H8BrN2O. The number of rotatable bonds is 1. The van der Waals surface area contributed by atoms with Crippen molar-refractivity contribution in [3.05, 3.63) is 16.9 Å². The van der Waals surface area contributed by atoms with Gasteiger partial charge in [-0.25, -0.2) is 4.99 Å². The summed E-state index contributed by atoms with van der Waals surface area (Å²) >= 11 is 3.11. The molecule has 0 bridgehead atoms. The predicted octanol–water partition coefficient (Wildman–Crippen LogP) is 1.68. The quantitative estimate of drug-likeness (QED) is 0.682. The van der Waals surface area contributed by atoms with Crippen LogP contribution in [0.2, 0.25) is 0 Å². The maximum atomic E-state index is 9.05. The number of aliphatic hydroxyl groups is 1. The monoisotopic (exact) mass is 203 g/mol. The van der Waals surface area contributed by atoms with Crippen LogP contribution in [0.3, 0.4) is 0 Å². The first-order chi connectivity index (χ1) is 4.74. The Balaban J connectivity index is 2.76. The second-order valence-electron chi connectivity index (χ2n) is 1.87. The molecule has 0 aliphatic carbocycles. The smallest absolute Gasteiger partial charge is 0.225 e. The fraction of sp³-hybridized carbons (Fsp3) is 0.333. The van der Waals surface area contributed by atoms with Crippen molar-refractivity contribution in [1.82, 2.24) is 5.32 Å². The Labute approximate surface area is 68.0 Å². The molecule has 0 aromatic rings. The van der Waals surface area contributed by atoms with Crippen molar-refractivity contribution in [1.29, 1.82) is 0 Å². The zero-order valence-electron chi connectivity index (χ0n) is 5.56. The molecule has 1 heterocycles. The van der Waals surface area contributed by atoms with Crippen molar-refractivity contribution in [2.45, 2.75) is 13.3 Å². The Bertz CT molecular complexity index is 198. The highest BCUT2D eigenvalue weighted by molar-refractivity contribution is 9.11. The molecule has 1 rings (SSSR count). The largest absolute Gasteiger partial charge is 0.493 e. The molecule has 0 aromatic carbocycles. The molecule has 10 heavy (non-hydrogen) atoms. The average Bonchev–Trinajstić information content (AvgIpc) is 1.95. The molecule has 0 amide bonds. The summed E-state index contributed by atoms with van der Waals surface area (Å²) in [6.07, 6.45) is 0.792. The van der Waals surface area contributed by atoms with E-state index in [-0.39, 0.29) is 5.88 Å². The van der Waals surface area contributed by atoms with E-state index in [0.29, 0.717) is 4.48 Å². The number of nitrogens with one attached hydrogen (secondary N) is 1. The summed E-state index contributed by atoms with van der Waals surface area (Å²) in [5, 5.41) is 12.0. The van der Waals surface area contributed by atoms with E-state index in [2.05, 4.69) is 26.2 Å². The van der Waals surface area contributed by atoms with Gasteiger partial charge < -0.3 is 10.4 Å². The summed E-state index contributed by atoms with van der Waals surface area (Å²) in [6, 6.07) is 0. The molecule has 0 aromatic heterocycles. The number of nitrogens with zero attached hydrogens (tertiary/aromatic N) is 1. The Kier molecular flexibility index (Phi) is 2.32. The van der Waals surface area contributed by atoms with E-state index in [1.807, 2.05) is 6.92 Å². The van der Waals surface area contributed by atoms with Crippen LogP contribution in [0.5, 0.6) is 0 Å². The van der Waals surface area contributed by atoms with Gasteiger partial charge in [0, 0.05) is 6.42 Å². The lowest BCUT2D eigenvalue weighted by atomic mass is 10.4. The van der Waals surface area contributed by atoms with Gasteiger partial charge in [0.15, 0.2) is 0 Å². The van der Waals surface area contributed by atoms with E-state index in [0.717, 1.165) is 12.3 Å². The van der Waals surface area contributed by atoms with Crippen molar-refractivity contribution in [3.8, 4) is 0 Å². The molecular weight excluding hydrogens is 196 g/mol. The van der Waals surface area contributed by atoms with E-state index < -0.39 is 0 Å². The van der Waals surface area contributed by atoms with Gasteiger partial charge >= 0.3 is 0 Å². The van der Waals surface area contributed by atoms with Gasteiger partial charge in [-0.2, -0.15) is 0 Å². The standard InChI is InChI=1S/C6H8BrN2O/c1-2-5-8-3-4(7)6(10)9-5/h3,10H,2H2,1H3,(H,8,9). The van der Waals surface area contributed by atoms with Crippen LogP contribution in [0, 0.1) is 6.54 Å². The average molecular weight is 204 g/mol. The van der Waals surface area contributed by atoms with Crippen LogP contribution in [0.25, 0.3) is 0 Å². The van der Waals surface area contributed by atoms with Gasteiger partial charge in [0.1, 0.15) is 5.84 Å². The van der Waals surface area contributed by atoms with Crippen LogP contribution < -0.4 is 5.32 Å². The topological polar surface area (TPSA) is 44.6 Å². The fourth-order valence-corrected chi connectivity index (χ4v) is 0.809. The van der Waals surface area contributed by atoms with Crippen LogP contribution in [0.1, 0.15) is 13.3 Å². The van der Waals surface area contributed by atoms with E-state index >= 15 is 0 Å². The molecule has 1 aliphatic heterocycles. The van der Waals surface area contributed by atoms with Crippen molar-refractivity contribution < 1.29 is 5.11 Å². The summed E-state index contributed by atoms with van der Waals surface area (Å²) in [7, 11) is 0. The van der Waals surface area contributed by atoms with Crippen LogP contribution in [0.15, 0.2) is 15.4 Å². The molecule has 4 heteroatoms. The summed E-state index contributed by atoms with van der Waals surface area (Å²) in [4.78, 5) is 3.84. The number of hydrogen-bond acceptors (Lipinski definition) is 3. The molecule has 2 N–H and O–H groups in total. The minimum absolute atomic E-state index is 0.0376. The first kappa shape index (κ1) is 7.60. The Morgan fingerprint density at radius 2 is 2.50 bits per heavy atom. The molecule has 0 fully saturated rings. The van der Waals surface area contributed by atoms with E-state index in [9.17, 15) is 0 Å². The summed E-state index contributed by atoms with van der Waals surface area (Å²) < 4.78 is 0.588. The zero-order chi connectivity index (χ0) is 7.56. The summed E-state index contributed by atoms with van der Waals surface area (Å²) in [5.41, 5.74) is 0. The third-order valence-corrected chi connectivity index (χ3v) is 1.74. The van der Waals surface area contributed by atoms with Crippen molar-refractivity contribution in [2.75, 3.05) is 0 Å². The molecule has 0 unspecified atom stereocenters. The molecule has 0 spiro atoms. The molecule has 1 radical (unpaired) electrons. The molecule has 0 atom stereocenters. The predicted molar refractivity (Wildman–Crippen MR) is 43.7 cm³/mol. The third-order valence-electron chi connectivity index (χ3n) is 1.15. The summed E-state index contributed by atoms with van der Waals surface area (Å²) in [6.45, 7) is 3.63. The number of hydrogen-bond donors (Lipinski definition) is 2. The third kappa shape index (κ3) is 1.50. The molecule has 3 nitrogen and oxygen atoms in total. The van der Waals surface area contributed by atoms with Crippen molar-refractivity contribution in [3.63, 3.8) is 0 Å². The van der Waals surface area contributed by atoms with Crippen molar-refractivity contribution in [2.24, 2.45) is 4.99 Å². The van der Waals surface area contributed by atoms with Crippen LogP contribution in [-0.4, -0.2) is 10.9 Å². The van der Waals surface area contributed by atoms with Gasteiger partial charge in [0.25, 0.3) is 0 Å². The number of amidine groups is 1. The maximum Gasteiger partial charge on any atom is 0.225 e. The van der Waals surface area contributed by atoms with Crippen LogP contribution >= 0.6 is 15.9 Å². The van der Waals surface area contributed by atoms with E-state index in [1.54, 1.807) is 6.54 Å². The maximum absolute atomic E-state index is 9.05. The highest BCUT2D eigenvalue weighted by atomic mass is 79.9. The van der Waals surface area contributed by atoms with Gasteiger partial charge in [0.2, 0.25) is 5.88 Å². The van der Waals surface area contributed by atoms with E-state index in [1.165, 1.54) is 0 Å². The number of aliphatic hydroxyl groups excluding tert-OH is 1. The highest BCUT2D eigenvalue weighted by Crippen LogP contribution is 2.16. The first-order valence-electron chi connectivity index (χ1n) is 3.00. The normalized spacial score (nSPS) is 18.4. The zero-order valence-corrected chi connectivity index (χ0v) is 7.14. The minimum atomic E-state index is 0.0376. The van der Waals surface area contributed by atoms with Gasteiger partial charge in [0.05, 0.1) is 11.0 Å². The second-order valence-corrected chi connectivity index (χ2v) is 2.73. The lowest BCUT2D eigenvalue weighted by Crippen LogP contribution is -2.23. The van der Waals surface area contributed by atoms with Crippen LogP contribution in [0.4, 0.5) is 0 Å². The number of halogens is 1. The van der Waals surface area contributed by atoms with Gasteiger partial charge in [-0.05, 0) is 15.9 Å². The molecule has 55 valence electrons. The second kappa shape index (κ2) is 3.05. The Hall–Kier alpha value is -0.510. The molecule has 0 saturated heterocycles. The van der Waals surface area contributed by atoms with Crippen LogP contribution in [-0.2, 0) is 0 Å². The Morgan fingerprint density at radius 1 is 1.80 bits per heavy atom. The number of aliphatic imine (C=N–C) groups is 1. The van der Waals surface area contributed by atoms with Gasteiger partial charge in [-0.15, -0.1) is 0 Å². The lowest BCUT2D eigenvalue weighted by molar-refractivity contribution is 0.402. The fourth-order valence-electron chi connectivity index (χ4n) is 0.606. The van der Waals surface area contributed by atoms with Gasteiger partial charge in [-0.3, -0.25) is 0 Å². The minimum Gasteiger partial charge on any atom is -0.493 e. The molecule has 0 saturated carbocycles. The Morgan fingerprint density at radius 3 is 3.00 bits per heavy atom. The first-order valence-corrected chi connectivity index (χ1v) is 3.79. The summed E-state index contributed by atoms with van der Waals surface area (Å²) in [5.74, 6) is 0.816. The SMILES string of the molecule is CCC1=NC(O)=C(Br)[CH]N1. The lowest BCUT2D eigenvalue weighted by Gasteiger charge is -2.11. The van der Waals surface area contributed by atoms with Crippen molar-refractivity contribution >= 4 is 21.8 Å².